The van der Waals surface area contributed by atoms with Crippen molar-refractivity contribution in [1.29, 1.82) is 5.26 Å². The summed E-state index contributed by atoms with van der Waals surface area (Å²) in [5.41, 5.74) is -0.424. The van der Waals surface area contributed by atoms with Crippen LogP contribution >= 0.6 is 15.9 Å². The lowest BCUT2D eigenvalue weighted by molar-refractivity contribution is -0.129. The number of carbonyl (C=O) groups excluding carboxylic acids is 2. The van der Waals surface area contributed by atoms with Gasteiger partial charge in [0, 0.05) is 4.47 Å². The van der Waals surface area contributed by atoms with Gasteiger partial charge in [0.25, 0.3) is 5.91 Å². The third-order valence-electron chi connectivity index (χ3n) is 4.06. The highest BCUT2D eigenvalue weighted by molar-refractivity contribution is 9.10. The van der Waals surface area contributed by atoms with Crippen LogP contribution in [0.15, 0.2) is 22.7 Å². The average Bonchev–Trinajstić information content (AvgIpc) is 2.57. The first kappa shape index (κ1) is 17.5. The number of nitrogens with one attached hydrogen (secondary N) is 1. The number of aldehydes is 1. The van der Waals surface area contributed by atoms with Gasteiger partial charge in [-0.15, -0.1) is 0 Å². The number of nitriles is 1. The Morgan fingerprint density at radius 1 is 1.43 bits per heavy atom. The lowest BCUT2D eigenvalue weighted by atomic mass is 9.83. The molecule has 2 rings (SSSR count). The first-order valence-electron chi connectivity index (χ1n) is 7.64. The van der Waals surface area contributed by atoms with Crippen molar-refractivity contribution < 1.29 is 14.3 Å². The maximum atomic E-state index is 12.4. The van der Waals surface area contributed by atoms with Crippen LogP contribution in [0, 0.1) is 11.3 Å². The number of amides is 1. The lowest BCUT2D eigenvalue weighted by Crippen LogP contribution is -2.52. The summed E-state index contributed by atoms with van der Waals surface area (Å²) < 4.78 is 6.37. The predicted molar refractivity (Wildman–Crippen MR) is 89.2 cm³/mol. The van der Waals surface area contributed by atoms with E-state index in [9.17, 15) is 14.9 Å². The number of hydrogen-bond donors (Lipinski definition) is 1. The molecule has 0 bridgehead atoms. The lowest BCUT2D eigenvalue weighted by Gasteiger charge is -2.32. The molecule has 23 heavy (non-hydrogen) atoms. The fraction of sp³-hybridized carbons (Fsp3) is 0.471. The number of ether oxygens (including phenoxy) is 1. The van der Waals surface area contributed by atoms with Gasteiger partial charge in [0.05, 0.1) is 11.6 Å². The highest BCUT2D eigenvalue weighted by Gasteiger charge is 2.35. The zero-order valence-electron chi connectivity index (χ0n) is 13.0. The quantitative estimate of drug-likeness (QED) is 0.796. The van der Waals surface area contributed by atoms with Gasteiger partial charge in [-0.25, -0.2) is 0 Å². The summed E-state index contributed by atoms with van der Waals surface area (Å²) >= 11 is 3.28. The van der Waals surface area contributed by atoms with E-state index >= 15 is 0 Å². The minimum atomic E-state index is -0.792. The minimum Gasteiger partial charge on any atom is -0.480 e. The molecule has 122 valence electrons. The van der Waals surface area contributed by atoms with Crippen LogP contribution in [0.1, 0.15) is 49.4 Å². The van der Waals surface area contributed by atoms with Crippen LogP contribution in [0.5, 0.6) is 5.75 Å². The molecule has 1 amide bonds. The van der Waals surface area contributed by atoms with E-state index in [1.807, 2.05) is 0 Å². The smallest absolute Gasteiger partial charge is 0.262 e. The zero-order chi connectivity index (χ0) is 16.9. The molecule has 0 aromatic heterocycles. The normalized spacial score (nSPS) is 17.6. The molecule has 1 aromatic carbocycles. The van der Waals surface area contributed by atoms with Gasteiger partial charge in [-0.05, 0) is 38.0 Å². The largest absolute Gasteiger partial charge is 0.480 e. The highest BCUT2D eigenvalue weighted by atomic mass is 79.9. The Balaban J connectivity index is 2.05. The summed E-state index contributed by atoms with van der Waals surface area (Å²) in [6, 6.07) is 7.26. The van der Waals surface area contributed by atoms with Crippen molar-refractivity contribution in [3.8, 4) is 11.8 Å². The second-order valence-electron chi connectivity index (χ2n) is 5.80. The zero-order valence-corrected chi connectivity index (χ0v) is 14.6. The van der Waals surface area contributed by atoms with Gasteiger partial charge in [0.15, 0.2) is 12.4 Å². The Hall–Kier alpha value is -1.87. The average molecular weight is 379 g/mol. The second kappa shape index (κ2) is 7.60. The molecule has 1 aliphatic rings. The van der Waals surface area contributed by atoms with E-state index in [1.54, 1.807) is 25.1 Å². The summed E-state index contributed by atoms with van der Waals surface area (Å²) in [7, 11) is 0. The van der Waals surface area contributed by atoms with Crippen molar-refractivity contribution in [1.82, 2.24) is 5.32 Å². The Bertz CT molecular complexity index is 633. The number of benzene rings is 1. The molecule has 5 nitrogen and oxygen atoms in total. The van der Waals surface area contributed by atoms with Crippen LogP contribution in [0.3, 0.4) is 0 Å². The monoisotopic (exact) mass is 378 g/mol. The first-order chi connectivity index (χ1) is 11.0. The van der Waals surface area contributed by atoms with Crippen LogP contribution < -0.4 is 10.1 Å². The summed E-state index contributed by atoms with van der Waals surface area (Å²) in [5, 5.41) is 12.2. The molecular formula is C17H19BrN2O3. The van der Waals surface area contributed by atoms with Crippen LogP contribution in [-0.4, -0.2) is 23.8 Å². The van der Waals surface area contributed by atoms with E-state index in [2.05, 4.69) is 27.3 Å². The van der Waals surface area contributed by atoms with Crippen LogP contribution in [0.25, 0.3) is 0 Å². The molecule has 0 heterocycles. The molecule has 1 saturated carbocycles. The molecule has 6 heteroatoms. The Labute approximate surface area is 144 Å². The van der Waals surface area contributed by atoms with E-state index in [-0.39, 0.29) is 5.91 Å². The molecule has 0 spiro atoms. The number of rotatable bonds is 5. The van der Waals surface area contributed by atoms with Gasteiger partial charge in [-0.1, -0.05) is 35.2 Å². The molecule has 1 atom stereocenters. The third-order valence-corrected chi connectivity index (χ3v) is 4.55. The molecule has 1 fully saturated rings. The fourth-order valence-electron chi connectivity index (χ4n) is 2.72. The van der Waals surface area contributed by atoms with Crippen molar-refractivity contribution in [2.24, 2.45) is 0 Å². The summed E-state index contributed by atoms with van der Waals surface area (Å²) in [6.45, 7) is 1.61. The Morgan fingerprint density at radius 3 is 2.74 bits per heavy atom. The molecule has 1 N–H and O–H groups in total. The molecule has 1 aromatic rings. The number of nitrogens with zero attached hydrogens (tertiary/aromatic N) is 1. The maximum Gasteiger partial charge on any atom is 0.262 e. The van der Waals surface area contributed by atoms with Gasteiger partial charge in [0.1, 0.15) is 11.3 Å². The highest BCUT2D eigenvalue weighted by Crippen LogP contribution is 2.28. The number of halogens is 1. The van der Waals surface area contributed by atoms with Crippen molar-refractivity contribution in [2.75, 3.05) is 0 Å². The van der Waals surface area contributed by atoms with Crippen molar-refractivity contribution >= 4 is 28.1 Å². The first-order valence-corrected chi connectivity index (χ1v) is 8.44. The Kier molecular flexibility index (Phi) is 5.78. The molecule has 0 radical (unpaired) electrons. The van der Waals surface area contributed by atoms with Crippen LogP contribution in [-0.2, 0) is 4.79 Å². The van der Waals surface area contributed by atoms with E-state index in [1.165, 1.54) is 0 Å². The Morgan fingerprint density at radius 2 is 2.13 bits per heavy atom. The predicted octanol–water partition coefficient (Wildman–Crippen LogP) is 3.37. The number of hydrogen-bond acceptors (Lipinski definition) is 4. The minimum absolute atomic E-state index is 0.340. The van der Waals surface area contributed by atoms with E-state index in [0.717, 1.165) is 23.7 Å². The molecule has 0 saturated heterocycles. The topological polar surface area (TPSA) is 79.2 Å². The second-order valence-corrected chi connectivity index (χ2v) is 6.72. The molecule has 0 aliphatic heterocycles. The number of carbonyl (C=O) groups is 2. The van der Waals surface area contributed by atoms with E-state index in [4.69, 9.17) is 4.74 Å². The van der Waals surface area contributed by atoms with Gasteiger partial charge >= 0.3 is 0 Å². The van der Waals surface area contributed by atoms with Crippen molar-refractivity contribution in [2.45, 2.75) is 50.7 Å². The molecule has 0 unspecified atom stereocenters. The fourth-order valence-corrected chi connectivity index (χ4v) is 3.10. The summed E-state index contributed by atoms with van der Waals surface area (Å²) in [5.74, 6) is 0.00807. The summed E-state index contributed by atoms with van der Waals surface area (Å²) in [4.78, 5) is 23.5. The van der Waals surface area contributed by atoms with Crippen LogP contribution in [0.2, 0.25) is 0 Å². The summed E-state index contributed by atoms with van der Waals surface area (Å²) in [6.07, 6.45) is 4.19. The van der Waals surface area contributed by atoms with Gasteiger partial charge < -0.3 is 10.1 Å². The van der Waals surface area contributed by atoms with Crippen LogP contribution in [0.4, 0.5) is 0 Å². The molecular weight excluding hydrogens is 360 g/mol. The van der Waals surface area contributed by atoms with E-state index in [0.29, 0.717) is 30.4 Å². The van der Waals surface area contributed by atoms with Crippen molar-refractivity contribution in [3.05, 3.63) is 28.2 Å². The SMILES string of the molecule is C[C@@H](Oc1ccc(Br)cc1C=O)C(=O)NC1(C#N)CCCCC1. The van der Waals surface area contributed by atoms with Crippen molar-refractivity contribution in [3.63, 3.8) is 0 Å². The third kappa shape index (κ3) is 4.32. The van der Waals surface area contributed by atoms with Gasteiger partial charge in [0.2, 0.25) is 0 Å². The standard InChI is InChI=1S/C17H19BrN2O3/c1-12(23-15-6-5-14(18)9-13(15)10-21)16(22)20-17(11-19)7-3-2-4-8-17/h5-6,9-10,12H,2-4,7-8H2,1H3,(H,20,22)/t12-/m1/s1. The maximum absolute atomic E-state index is 12.4. The molecule has 1 aliphatic carbocycles. The van der Waals surface area contributed by atoms with Gasteiger partial charge in [-0.3, -0.25) is 9.59 Å². The van der Waals surface area contributed by atoms with E-state index < -0.39 is 11.6 Å². The van der Waals surface area contributed by atoms with Gasteiger partial charge in [-0.2, -0.15) is 5.26 Å².